The van der Waals surface area contributed by atoms with Gasteiger partial charge in [-0.25, -0.2) is 4.79 Å². The van der Waals surface area contributed by atoms with Gasteiger partial charge in [0.05, 0.1) is 18.2 Å². The van der Waals surface area contributed by atoms with Crippen LogP contribution < -0.4 is 4.74 Å². The second-order valence-corrected chi connectivity index (χ2v) is 12.1. The fourth-order valence-corrected chi connectivity index (χ4v) is 5.67. The molecule has 0 radical (unpaired) electrons. The van der Waals surface area contributed by atoms with Crippen LogP contribution in [-0.2, 0) is 24.2 Å². The molecule has 2 aromatic rings. The molecule has 1 N–H and O–H groups in total. The van der Waals surface area contributed by atoms with Crippen molar-refractivity contribution in [3.8, 4) is 5.75 Å². The number of carbonyl (C=O) groups is 2. The molecule has 9 nitrogen and oxygen atoms in total. The summed E-state index contributed by atoms with van der Waals surface area (Å²) >= 11 is 0. The molecule has 1 saturated heterocycles. The van der Waals surface area contributed by atoms with Crippen molar-refractivity contribution in [1.82, 2.24) is 19.6 Å². The first-order valence-corrected chi connectivity index (χ1v) is 14.4. The predicted octanol–water partition coefficient (Wildman–Crippen LogP) is 2.99. The lowest BCUT2D eigenvalue weighted by molar-refractivity contribution is 0.0139. The molecule has 0 bridgehead atoms. The Morgan fingerprint density at radius 2 is 1.73 bits per heavy atom. The van der Waals surface area contributed by atoms with Crippen LogP contribution in [0, 0.1) is 0 Å². The quantitative estimate of drug-likeness (QED) is 0.592. The van der Waals surface area contributed by atoms with Gasteiger partial charge in [-0.2, -0.15) is 0 Å². The van der Waals surface area contributed by atoms with Crippen LogP contribution in [0.4, 0.5) is 4.79 Å². The Morgan fingerprint density at radius 3 is 2.48 bits per heavy atom. The molecule has 3 aliphatic rings. The van der Waals surface area contributed by atoms with E-state index in [1.807, 2.05) is 39.0 Å². The lowest BCUT2D eigenvalue weighted by Gasteiger charge is -2.35. The van der Waals surface area contributed by atoms with Gasteiger partial charge in [0.2, 0.25) is 0 Å². The molecule has 9 heteroatoms. The van der Waals surface area contributed by atoms with E-state index in [1.54, 1.807) is 9.80 Å². The number of aliphatic hydroxyl groups excluding tert-OH is 1. The average Bonchev–Trinajstić information content (AvgIpc) is 3.06. The number of piperazine rings is 1. The predicted molar refractivity (Wildman–Crippen MR) is 152 cm³/mol. The van der Waals surface area contributed by atoms with Gasteiger partial charge in [-0.3, -0.25) is 14.6 Å². The number of ether oxygens (including phenoxy) is 2. The van der Waals surface area contributed by atoms with Crippen LogP contribution in [0.5, 0.6) is 5.75 Å². The van der Waals surface area contributed by atoms with E-state index >= 15 is 0 Å². The minimum Gasteiger partial charge on any atom is -0.491 e. The maximum absolute atomic E-state index is 13.4. The van der Waals surface area contributed by atoms with Crippen LogP contribution in [0.25, 0.3) is 0 Å². The summed E-state index contributed by atoms with van der Waals surface area (Å²) in [4.78, 5) is 33.8. The van der Waals surface area contributed by atoms with E-state index in [0.29, 0.717) is 50.6 Å². The maximum Gasteiger partial charge on any atom is 0.410 e. The summed E-state index contributed by atoms with van der Waals surface area (Å²) in [6.45, 7) is 12.5. The molecular weight excluding hydrogens is 508 g/mol. The Morgan fingerprint density at radius 1 is 0.975 bits per heavy atom. The first kappa shape index (κ1) is 28.4. The molecule has 5 rings (SSSR count). The van der Waals surface area contributed by atoms with E-state index in [9.17, 15) is 14.7 Å². The molecular formula is C31H42N4O5. The van der Waals surface area contributed by atoms with Gasteiger partial charge in [-0.05, 0) is 56.0 Å². The third-order valence-corrected chi connectivity index (χ3v) is 7.72. The number of aliphatic hydroxyl groups is 1. The summed E-state index contributed by atoms with van der Waals surface area (Å²) in [5.74, 6) is 0.493. The summed E-state index contributed by atoms with van der Waals surface area (Å²) in [5.41, 5.74) is 3.80. The molecule has 2 aromatic carbocycles. The topological polar surface area (TPSA) is 85.8 Å². The van der Waals surface area contributed by atoms with Crippen molar-refractivity contribution in [1.29, 1.82) is 0 Å². The van der Waals surface area contributed by atoms with Gasteiger partial charge in [0, 0.05) is 58.9 Å². The second-order valence-electron chi connectivity index (χ2n) is 12.1. The highest BCUT2D eigenvalue weighted by molar-refractivity contribution is 5.97. The molecule has 2 amide bonds. The van der Waals surface area contributed by atoms with E-state index in [0.717, 1.165) is 38.2 Å². The van der Waals surface area contributed by atoms with E-state index in [-0.39, 0.29) is 18.5 Å². The van der Waals surface area contributed by atoms with E-state index < -0.39 is 11.7 Å². The van der Waals surface area contributed by atoms with Gasteiger partial charge in [0.25, 0.3) is 5.91 Å². The van der Waals surface area contributed by atoms with Crippen LogP contribution in [0.1, 0.15) is 47.8 Å². The van der Waals surface area contributed by atoms with Crippen molar-refractivity contribution < 1.29 is 24.2 Å². The van der Waals surface area contributed by atoms with Crippen LogP contribution in [0.15, 0.2) is 42.5 Å². The number of benzene rings is 2. The lowest BCUT2D eigenvalue weighted by atomic mass is 10.00. The van der Waals surface area contributed by atoms with E-state index in [1.165, 1.54) is 11.1 Å². The van der Waals surface area contributed by atoms with Gasteiger partial charge >= 0.3 is 6.09 Å². The smallest absolute Gasteiger partial charge is 0.410 e. The monoisotopic (exact) mass is 550 g/mol. The zero-order chi connectivity index (χ0) is 28.3. The van der Waals surface area contributed by atoms with Gasteiger partial charge in [0.15, 0.2) is 0 Å². The molecule has 1 fully saturated rings. The Balaban J connectivity index is 1.13. The maximum atomic E-state index is 13.4. The molecule has 216 valence electrons. The van der Waals surface area contributed by atoms with E-state index in [4.69, 9.17) is 9.47 Å². The number of nitrogens with zero attached hydrogens (tertiary/aromatic N) is 4. The summed E-state index contributed by atoms with van der Waals surface area (Å²) in [7, 11) is 0. The highest BCUT2D eigenvalue weighted by Crippen LogP contribution is 2.26. The average molecular weight is 551 g/mol. The second kappa shape index (κ2) is 12.2. The molecule has 0 aromatic heterocycles. The Bertz CT molecular complexity index is 1200. The summed E-state index contributed by atoms with van der Waals surface area (Å²) in [6, 6.07) is 14.2. The van der Waals surface area contributed by atoms with Gasteiger partial charge in [-0.15, -0.1) is 0 Å². The zero-order valence-corrected chi connectivity index (χ0v) is 24.0. The van der Waals surface area contributed by atoms with Crippen LogP contribution in [-0.4, -0.2) is 107 Å². The third-order valence-electron chi connectivity index (χ3n) is 7.72. The van der Waals surface area contributed by atoms with Gasteiger partial charge in [-0.1, -0.05) is 30.3 Å². The third kappa shape index (κ3) is 7.13. The molecule has 1 atom stereocenters. The van der Waals surface area contributed by atoms with Crippen molar-refractivity contribution in [2.45, 2.75) is 52.0 Å². The van der Waals surface area contributed by atoms with Crippen molar-refractivity contribution in [2.75, 3.05) is 59.0 Å². The van der Waals surface area contributed by atoms with Crippen molar-refractivity contribution in [3.05, 3.63) is 64.7 Å². The molecule has 0 saturated carbocycles. The van der Waals surface area contributed by atoms with Gasteiger partial charge in [0.1, 0.15) is 18.0 Å². The fourth-order valence-electron chi connectivity index (χ4n) is 5.67. The molecule has 3 aliphatic heterocycles. The Labute approximate surface area is 237 Å². The highest BCUT2D eigenvalue weighted by Gasteiger charge is 2.29. The van der Waals surface area contributed by atoms with Crippen LogP contribution >= 0.6 is 0 Å². The summed E-state index contributed by atoms with van der Waals surface area (Å²) < 4.78 is 11.5. The number of carbonyl (C=O) groups excluding carboxylic acids is 2. The molecule has 0 unspecified atom stereocenters. The first-order valence-electron chi connectivity index (χ1n) is 14.4. The fraction of sp³-hybridized carbons (Fsp3) is 0.548. The van der Waals surface area contributed by atoms with Crippen LogP contribution in [0.2, 0.25) is 0 Å². The standard InChI is InChI=1S/C31H42N4O5/c1-31(2,3)40-30(38)34-14-12-32(13-15-34)19-23-8-9-27-28(18-23)39-17-16-35(29(27)37)22-26(36)21-33-11-10-24-6-4-5-7-25(24)20-33/h4-9,18,26,36H,10-17,19-22H2,1-3H3/t26-/m1/s1. The molecule has 40 heavy (non-hydrogen) atoms. The Hall–Kier alpha value is -3.14. The lowest BCUT2D eigenvalue weighted by Crippen LogP contribution is -2.49. The SMILES string of the molecule is CC(C)(C)OC(=O)N1CCN(Cc2ccc3c(c2)OCCN(C[C@H](O)CN2CCc4ccccc4C2)C3=O)CC1. The molecule has 3 heterocycles. The largest absolute Gasteiger partial charge is 0.491 e. The normalized spacial score (nSPS) is 19.4. The van der Waals surface area contributed by atoms with Crippen molar-refractivity contribution in [2.24, 2.45) is 0 Å². The minimum absolute atomic E-state index is 0.104. The number of fused-ring (bicyclic) bond motifs is 2. The number of hydrogen-bond acceptors (Lipinski definition) is 7. The summed E-state index contributed by atoms with van der Waals surface area (Å²) in [5, 5.41) is 10.9. The molecule has 0 aliphatic carbocycles. The number of rotatable bonds is 6. The van der Waals surface area contributed by atoms with Gasteiger partial charge < -0.3 is 24.4 Å². The first-order chi connectivity index (χ1) is 19.1. The van der Waals surface area contributed by atoms with Crippen LogP contribution in [0.3, 0.4) is 0 Å². The van der Waals surface area contributed by atoms with Crippen molar-refractivity contribution >= 4 is 12.0 Å². The number of β-amino-alcohol motifs (C(OH)–C–C–N with tert-alkyl or cyclic N) is 1. The number of amides is 2. The highest BCUT2D eigenvalue weighted by atomic mass is 16.6. The zero-order valence-electron chi connectivity index (χ0n) is 24.0. The Kier molecular flexibility index (Phi) is 8.63. The minimum atomic E-state index is -0.630. The van der Waals surface area contributed by atoms with E-state index in [2.05, 4.69) is 34.1 Å². The van der Waals surface area contributed by atoms with Crippen molar-refractivity contribution in [3.63, 3.8) is 0 Å². The summed E-state index contributed by atoms with van der Waals surface area (Å²) in [6.07, 6.45) is 0.0866. The number of hydrogen-bond donors (Lipinski definition) is 1. The molecule has 0 spiro atoms.